The van der Waals surface area contributed by atoms with Gasteiger partial charge in [0.05, 0.1) is 12.5 Å². The second kappa shape index (κ2) is 5.03. The maximum absolute atomic E-state index is 12.7. The molecule has 2 rings (SSSR count). The molecule has 0 atom stereocenters. The first-order valence-corrected chi connectivity index (χ1v) is 5.54. The summed E-state index contributed by atoms with van der Waals surface area (Å²) in [6.07, 6.45) is 0. The molecule has 0 saturated carbocycles. The number of rotatable bonds is 4. The fourth-order valence-corrected chi connectivity index (χ4v) is 1.89. The molecule has 96 valence electrons. The summed E-state index contributed by atoms with van der Waals surface area (Å²) in [5.74, 6) is -1.60. The zero-order chi connectivity index (χ0) is 13.1. The number of hydrogen-bond acceptors (Lipinski definition) is 3. The molecule has 1 aromatic carbocycles. The average Bonchev–Trinajstić information content (AvgIpc) is 2.64. The van der Waals surface area contributed by atoms with Crippen LogP contribution in [0.2, 0.25) is 0 Å². The first-order chi connectivity index (χ1) is 8.56. The molecule has 1 aromatic rings. The highest BCUT2D eigenvalue weighted by Crippen LogP contribution is 2.13. The average molecular weight is 251 g/mol. The predicted octanol–water partition coefficient (Wildman–Crippen LogP) is -0.187. The van der Waals surface area contributed by atoms with E-state index in [4.69, 9.17) is 0 Å². The number of carboxylic acids is 1. The number of benzene rings is 1. The van der Waals surface area contributed by atoms with Crippen molar-refractivity contribution in [2.24, 2.45) is 0 Å². The van der Waals surface area contributed by atoms with E-state index in [2.05, 4.69) is 0 Å². The minimum absolute atomic E-state index is 0.329. The van der Waals surface area contributed by atoms with Crippen molar-refractivity contribution in [3.8, 4) is 0 Å². The Kier molecular flexibility index (Phi) is 3.45. The highest BCUT2D eigenvalue weighted by molar-refractivity contribution is 5.81. The van der Waals surface area contributed by atoms with Crippen LogP contribution in [0.15, 0.2) is 24.3 Å². The van der Waals surface area contributed by atoms with Crippen molar-refractivity contribution in [2.75, 3.05) is 19.6 Å². The summed E-state index contributed by atoms with van der Waals surface area (Å²) in [5, 5.41) is 10.4. The standard InChI is InChI=1S/C12H13FN2O3/c13-10-3-1-9(2-4-10)7-14-5-6-15(12(14)18)8-11(16)17/h1-4H,5-8H2,(H,16,17)/p-1. The Labute approximate surface area is 103 Å². The largest absolute Gasteiger partial charge is 0.548 e. The number of urea groups is 1. The van der Waals surface area contributed by atoms with E-state index in [-0.39, 0.29) is 11.8 Å². The first kappa shape index (κ1) is 12.3. The molecule has 1 saturated heterocycles. The van der Waals surface area contributed by atoms with Gasteiger partial charge in [-0.1, -0.05) is 12.1 Å². The van der Waals surface area contributed by atoms with E-state index < -0.39 is 12.5 Å². The van der Waals surface area contributed by atoms with Crippen LogP contribution in [0.25, 0.3) is 0 Å². The molecular formula is C12H12FN2O3-. The second-order valence-electron chi connectivity index (χ2n) is 4.12. The Morgan fingerprint density at radius 2 is 1.83 bits per heavy atom. The second-order valence-corrected chi connectivity index (χ2v) is 4.12. The van der Waals surface area contributed by atoms with Crippen molar-refractivity contribution >= 4 is 12.0 Å². The van der Waals surface area contributed by atoms with Crippen LogP contribution < -0.4 is 5.11 Å². The number of nitrogens with zero attached hydrogens (tertiary/aromatic N) is 2. The van der Waals surface area contributed by atoms with Gasteiger partial charge in [0.15, 0.2) is 0 Å². The first-order valence-electron chi connectivity index (χ1n) is 5.54. The highest BCUT2D eigenvalue weighted by Gasteiger charge is 2.27. The van der Waals surface area contributed by atoms with Crippen molar-refractivity contribution < 1.29 is 19.1 Å². The Morgan fingerprint density at radius 3 is 2.44 bits per heavy atom. The quantitative estimate of drug-likeness (QED) is 0.745. The maximum Gasteiger partial charge on any atom is 0.320 e. The third-order valence-corrected chi connectivity index (χ3v) is 2.79. The van der Waals surface area contributed by atoms with Crippen LogP contribution in [-0.4, -0.2) is 41.4 Å². The fourth-order valence-electron chi connectivity index (χ4n) is 1.89. The van der Waals surface area contributed by atoms with Crippen LogP contribution in [0, 0.1) is 5.82 Å². The van der Waals surface area contributed by atoms with Crippen LogP contribution in [-0.2, 0) is 11.3 Å². The van der Waals surface area contributed by atoms with Gasteiger partial charge in [0.1, 0.15) is 5.82 Å². The monoisotopic (exact) mass is 251 g/mol. The van der Waals surface area contributed by atoms with Crippen LogP contribution in [0.3, 0.4) is 0 Å². The molecule has 0 radical (unpaired) electrons. The lowest BCUT2D eigenvalue weighted by Gasteiger charge is -2.18. The molecule has 2 amide bonds. The van der Waals surface area contributed by atoms with E-state index in [0.717, 1.165) is 5.56 Å². The zero-order valence-electron chi connectivity index (χ0n) is 9.63. The molecule has 1 fully saturated rings. The zero-order valence-corrected chi connectivity index (χ0v) is 9.63. The lowest BCUT2D eigenvalue weighted by atomic mass is 10.2. The summed E-state index contributed by atoms with van der Waals surface area (Å²) >= 11 is 0. The highest BCUT2D eigenvalue weighted by atomic mass is 19.1. The molecular weight excluding hydrogens is 239 g/mol. The van der Waals surface area contributed by atoms with E-state index >= 15 is 0 Å². The molecule has 0 bridgehead atoms. The number of halogens is 1. The Hall–Kier alpha value is -2.11. The normalized spacial score (nSPS) is 15.3. The van der Waals surface area contributed by atoms with E-state index in [0.29, 0.717) is 19.6 Å². The molecule has 0 spiro atoms. The van der Waals surface area contributed by atoms with Gasteiger partial charge < -0.3 is 19.7 Å². The van der Waals surface area contributed by atoms with Gasteiger partial charge >= 0.3 is 6.03 Å². The van der Waals surface area contributed by atoms with Crippen molar-refractivity contribution in [3.05, 3.63) is 35.6 Å². The van der Waals surface area contributed by atoms with Gasteiger partial charge in [-0.05, 0) is 17.7 Å². The predicted molar refractivity (Wildman–Crippen MR) is 58.8 cm³/mol. The van der Waals surface area contributed by atoms with Crippen molar-refractivity contribution in [2.45, 2.75) is 6.54 Å². The van der Waals surface area contributed by atoms with Crippen molar-refractivity contribution in [1.29, 1.82) is 0 Å². The van der Waals surface area contributed by atoms with Crippen molar-refractivity contribution in [3.63, 3.8) is 0 Å². The van der Waals surface area contributed by atoms with E-state index in [9.17, 15) is 19.1 Å². The molecule has 0 aliphatic carbocycles. The number of hydrogen-bond donors (Lipinski definition) is 0. The van der Waals surface area contributed by atoms with Gasteiger partial charge in [0.25, 0.3) is 0 Å². The lowest BCUT2D eigenvalue weighted by molar-refractivity contribution is -0.305. The molecule has 5 nitrogen and oxygen atoms in total. The molecule has 1 aliphatic heterocycles. The summed E-state index contributed by atoms with van der Waals surface area (Å²) in [4.78, 5) is 25.0. The Bertz CT molecular complexity index is 461. The Balaban J connectivity index is 1.97. The van der Waals surface area contributed by atoms with Gasteiger partial charge in [-0.25, -0.2) is 9.18 Å². The van der Waals surface area contributed by atoms with Gasteiger partial charge in [-0.15, -0.1) is 0 Å². The van der Waals surface area contributed by atoms with Gasteiger partial charge in [0.2, 0.25) is 0 Å². The number of carbonyl (C=O) groups is 2. The summed E-state index contributed by atoms with van der Waals surface area (Å²) < 4.78 is 12.7. The van der Waals surface area contributed by atoms with E-state index in [1.807, 2.05) is 0 Å². The van der Waals surface area contributed by atoms with Crippen molar-refractivity contribution in [1.82, 2.24) is 9.80 Å². The summed E-state index contributed by atoms with van der Waals surface area (Å²) in [6.45, 7) is 0.791. The number of aliphatic carboxylic acids is 1. The number of carbonyl (C=O) groups excluding carboxylic acids is 2. The van der Waals surface area contributed by atoms with Crippen LogP contribution in [0.4, 0.5) is 9.18 Å². The minimum atomic E-state index is -1.27. The Morgan fingerprint density at radius 1 is 1.22 bits per heavy atom. The summed E-state index contributed by atoms with van der Waals surface area (Å²) in [7, 11) is 0. The third kappa shape index (κ3) is 2.77. The number of amides is 2. The van der Waals surface area contributed by atoms with E-state index in [1.165, 1.54) is 21.9 Å². The molecule has 0 N–H and O–H groups in total. The molecule has 1 aliphatic rings. The molecule has 0 unspecified atom stereocenters. The van der Waals surface area contributed by atoms with Gasteiger partial charge in [-0.2, -0.15) is 0 Å². The third-order valence-electron chi connectivity index (χ3n) is 2.79. The van der Waals surface area contributed by atoms with E-state index in [1.54, 1.807) is 12.1 Å². The van der Waals surface area contributed by atoms with Crippen LogP contribution in [0.5, 0.6) is 0 Å². The molecule has 0 aromatic heterocycles. The fraction of sp³-hybridized carbons (Fsp3) is 0.333. The summed E-state index contributed by atoms with van der Waals surface area (Å²) in [5.41, 5.74) is 0.806. The SMILES string of the molecule is O=C([O-])CN1CCN(Cc2ccc(F)cc2)C1=O. The topological polar surface area (TPSA) is 63.7 Å². The van der Waals surface area contributed by atoms with Gasteiger partial charge in [0, 0.05) is 19.6 Å². The molecule has 1 heterocycles. The van der Waals surface area contributed by atoms with Crippen LogP contribution in [0.1, 0.15) is 5.56 Å². The van der Waals surface area contributed by atoms with Crippen LogP contribution >= 0.6 is 0 Å². The summed E-state index contributed by atoms with van der Waals surface area (Å²) in [6, 6.07) is 5.53. The molecule has 18 heavy (non-hydrogen) atoms. The van der Waals surface area contributed by atoms with Gasteiger partial charge in [-0.3, -0.25) is 0 Å². The maximum atomic E-state index is 12.7. The number of carboxylic acid groups (broad SMARTS) is 1. The smallest absolute Gasteiger partial charge is 0.320 e. The minimum Gasteiger partial charge on any atom is -0.548 e. The molecule has 6 heteroatoms. The lowest BCUT2D eigenvalue weighted by Crippen LogP contribution is -2.40.